The molecule has 0 aliphatic rings. The van der Waals surface area contributed by atoms with Crippen molar-refractivity contribution in [1.29, 1.82) is 5.26 Å². The van der Waals surface area contributed by atoms with Gasteiger partial charge in [-0.05, 0) is 42.8 Å². The molecule has 2 aromatic carbocycles. The third kappa shape index (κ3) is 2.41. The molecule has 90 valence electrons. The predicted octanol–water partition coefficient (Wildman–Crippen LogP) is 3.33. The summed E-state index contributed by atoms with van der Waals surface area (Å²) in [6.45, 7) is 1.92. The van der Waals surface area contributed by atoms with Crippen LogP contribution in [0.25, 0.3) is 0 Å². The summed E-state index contributed by atoms with van der Waals surface area (Å²) in [5.74, 6) is -0.522. The van der Waals surface area contributed by atoms with E-state index in [4.69, 9.17) is 11.0 Å². The Balaban J connectivity index is 2.29. The zero-order chi connectivity index (χ0) is 13.1. The number of nitrogen functional groups attached to an aromatic ring is 1. The van der Waals surface area contributed by atoms with E-state index in [0.717, 1.165) is 11.3 Å². The number of hydrogen-bond donors (Lipinski definition) is 2. The summed E-state index contributed by atoms with van der Waals surface area (Å²) in [5, 5.41) is 11.8. The maximum absolute atomic E-state index is 13.2. The number of nitrogens with zero attached hydrogens (tertiary/aromatic N) is 1. The van der Waals surface area contributed by atoms with E-state index in [1.165, 1.54) is 12.1 Å². The van der Waals surface area contributed by atoms with Gasteiger partial charge in [0.25, 0.3) is 0 Å². The normalized spacial score (nSPS) is 9.83. The fourth-order valence-corrected chi connectivity index (χ4v) is 1.57. The molecule has 0 fully saturated rings. The molecule has 0 aliphatic heterocycles. The number of halogens is 1. The molecule has 2 rings (SSSR count). The summed E-state index contributed by atoms with van der Waals surface area (Å²) in [4.78, 5) is 0. The van der Waals surface area contributed by atoms with Gasteiger partial charge in [0.2, 0.25) is 0 Å². The van der Waals surface area contributed by atoms with Crippen molar-refractivity contribution in [3.63, 3.8) is 0 Å². The monoisotopic (exact) mass is 241 g/mol. The van der Waals surface area contributed by atoms with Crippen molar-refractivity contribution < 1.29 is 4.39 Å². The van der Waals surface area contributed by atoms with Gasteiger partial charge in [0.1, 0.15) is 11.9 Å². The van der Waals surface area contributed by atoms with Crippen molar-refractivity contribution in [3.05, 3.63) is 53.3 Å². The molecule has 0 radical (unpaired) electrons. The second-order valence-corrected chi connectivity index (χ2v) is 4.00. The highest BCUT2D eigenvalue weighted by molar-refractivity contribution is 5.66. The molecule has 2 aromatic rings. The molecule has 0 atom stereocenters. The quantitative estimate of drug-likeness (QED) is 0.793. The molecule has 18 heavy (non-hydrogen) atoms. The average Bonchev–Trinajstić information content (AvgIpc) is 2.36. The average molecular weight is 241 g/mol. The smallest absolute Gasteiger partial charge is 0.141 e. The van der Waals surface area contributed by atoms with Crippen molar-refractivity contribution in [2.45, 2.75) is 6.92 Å². The standard InChI is InChI=1S/C14H12FN3/c1-9-2-3-12(7-14(9)17)18-11-4-5-13(15)10(6-11)8-16/h2-7,18H,17H2,1H3. The molecule has 0 heterocycles. The number of nitriles is 1. The molecule has 0 aromatic heterocycles. The van der Waals surface area contributed by atoms with E-state index in [2.05, 4.69) is 5.32 Å². The summed E-state index contributed by atoms with van der Waals surface area (Å²) in [7, 11) is 0. The molecule has 0 saturated carbocycles. The Bertz CT molecular complexity index is 629. The van der Waals surface area contributed by atoms with Crippen molar-refractivity contribution in [2.24, 2.45) is 0 Å². The van der Waals surface area contributed by atoms with Crippen LogP contribution in [0, 0.1) is 24.1 Å². The lowest BCUT2D eigenvalue weighted by atomic mass is 10.1. The summed E-state index contributed by atoms with van der Waals surface area (Å²) < 4.78 is 13.2. The number of benzene rings is 2. The van der Waals surface area contributed by atoms with Crippen molar-refractivity contribution in [2.75, 3.05) is 11.1 Å². The number of aryl methyl sites for hydroxylation is 1. The molecule has 0 amide bonds. The van der Waals surface area contributed by atoms with Crippen LogP contribution < -0.4 is 11.1 Å². The van der Waals surface area contributed by atoms with Gasteiger partial charge in [0, 0.05) is 17.1 Å². The third-order valence-corrected chi connectivity index (χ3v) is 2.65. The summed E-state index contributed by atoms with van der Waals surface area (Å²) in [6.07, 6.45) is 0. The Morgan fingerprint density at radius 2 is 1.83 bits per heavy atom. The third-order valence-electron chi connectivity index (χ3n) is 2.65. The predicted molar refractivity (Wildman–Crippen MR) is 70.0 cm³/mol. The van der Waals surface area contributed by atoms with Crippen molar-refractivity contribution in [1.82, 2.24) is 0 Å². The minimum atomic E-state index is -0.522. The summed E-state index contributed by atoms with van der Waals surface area (Å²) in [6, 6.07) is 11.7. The fraction of sp³-hybridized carbons (Fsp3) is 0.0714. The Morgan fingerprint density at radius 3 is 2.50 bits per heavy atom. The number of nitrogens with one attached hydrogen (secondary N) is 1. The maximum atomic E-state index is 13.2. The van der Waals surface area contributed by atoms with Crippen LogP contribution in [0.15, 0.2) is 36.4 Å². The molecule has 3 nitrogen and oxygen atoms in total. The van der Waals surface area contributed by atoms with Gasteiger partial charge < -0.3 is 11.1 Å². The Hall–Kier alpha value is -2.54. The first-order valence-corrected chi connectivity index (χ1v) is 5.43. The minimum absolute atomic E-state index is 0.0140. The first-order valence-electron chi connectivity index (χ1n) is 5.43. The van der Waals surface area contributed by atoms with Crippen LogP contribution >= 0.6 is 0 Å². The van der Waals surface area contributed by atoms with Crippen LogP contribution in [0.5, 0.6) is 0 Å². The van der Waals surface area contributed by atoms with Gasteiger partial charge in [-0.2, -0.15) is 5.26 Å². The first-order chi connectivity index (χ1) is 8.60. The molecular weight excluding hydrogens is 229 g/mol. The topological polar surface area (TPSA) is 61.8 Å². The SMILES string of the molecule is Cc1ccc(Nc2ccc(F)c(C#N)c2)cc1N. The number of nitrogens with two attached hydrogens (primary N) is 1. The van der Waals surface area contributed by atoms with E-state index >= 15 is 0 Å². The van der Waals surface area contributed by atoms with Crippen LogP contribution in [-0.4, -0.2) is 0 Å². The highest BCUT2D eigenvalue weighted by Gasteiger charge is 2.03. The number of rotatable bonds is 2. The summed E-state index contributed by atoms with van der Waals surface area (Å²) >= 11 is 0. The lowest BCUT2D eigenvalue weighted by molar-refractivity contribution is 0.624. The van der Waals surface area contributed by atoms with E-state index in [0.29, 0.717) is 11.4 Å². The van der Waals surface area contributed by atoms with Gasteiger partial charge in [-0.1, -0.05) is 6.07 Å². The second-order valence-electron chi connectivity index (χ2n) is 4.00. The van der Waals surface area contributed by atoms with Gasteiger partial charge in [-0.3, -0.25) is 0 Å². The van der Waals surface area contributed by atoms with E-state index in [1.807, 2.05) is 19.1 Å². The zero-order valence-corrected chi connectivity index (χ0v) is 9.87. The molecule has 0 saturated heterocycles. The van der Waals surface area contributed by atoms with E-state index in [-0.39, 0.29) is 5.56 Å². The van der Waals surface area contributed by atoms with Crippen molar-refractivity contribution >= 4 is 17.1 Å². The van der Waals surface area contributed by atoms with E-state index < -0.39 is 5.82 Å². The molecular formula is C14H12FN3. The molecule has 0 spiro atoms. The molecule has 4 heteroatoms. The van der Waals surface area contributed by atoms with Gasteiger partial charge in [-0.25, -0.2) is 4.39 Å². The first kappa shape index (κ1) is 11.9. The lowest BCUT2D eigenvalue weighted by Gasteiger charge is -2.09. The second kappa shape index (κ2) is 4.76. The Kier molecular flexibility index (Phi) is 3.16. The summed E-state index contributed by atoms with van der Waals surface area (Å²) in [5.41, 5.74) is 8.95. The lowest BCUT2D eigenvalue weighted by Crippen LogP contribution is -1.95. The Labute approximate surface area is 105 Å². The molecule has 0 aliphatic carbocycles. The zero-order valence-electron chi connectivity index (χ0n) is 9.87. The highest BCUT2D eigenvalue weighted by Crippen LogP contribution is 2.22. The van der Waals surface area contributed by atoms with Crippen LogP contribution in [0.2, 0.25) is 0 Å². The van der Waals surface area contributed by atoms with Gasteiger partial charge in [0.15, 0.2) is 0 Å². The maximum Gasteiger partial charge on any atom is 0.141 e. The van der Waals surface area contributed by atoms with Crippen molar-refractivity contribution in [3.8, 4) is 6.07 Å². The van der Waals surface area contributed by atoms with Crippen LogP contribution in [0.1, 0.15) is 11.1 Å². The minimum Gasteiger partial charge on any atom is -0.398 e. The van der Waals surface area contributed by atoms with Crippen LogP contribution in [-0.2, 0) is 0 Å². The Morgan fingerprint density at radius 1 is 1.17 bits per heavy atom. The van der Waals surface area contributed by atoms with E-state index in [9.17, 15) is 4.39 Å². The number of hydrogen-bond acceptors (Lipinski definition) is 3. The van der Waals surface area contributed by atoms with E-state index in [1.54, 1.807) is 18.2 Å². The fourth-order valence-electron chi connectivity index (χ4n) is 1.57. The van der Waals surface area contributed by atoms with Gasteiger partial charge >= 0.3 is 0 Å². The highest BCUT2D eigenvalue weighted by atomic mass is 19.1. The van der Waals surface area contributed by atoms with Crippen LogP contribution in [0.4, 0.5) is 21.5 Å². The molecule has 0 unspecified atom stereocenters. The molecule has 0 bridgehead atoms. The van der Waals surface area contributed by atoms with Crippen LogP contribution in [0.3, 0.4) is 0 Å². The molecule has 3 N–H and O–H groups in total. The van der Waals surface area contributed by atoms with Gasteiger partial charge in [-0.15, -0.1) is 0 Å². The van der Waals surface area contributed by atoms with Gasteiger partial charge in [0.05, 0.1) is 5.56 Å². The largest absolute Gasteiger partial charge is 0.398 e. The number of anilines is 3.